The molecule has 2 aromatic rings. The highest BCUT2D eigenvalue weighted by Crippen LogP contribution is 2.22. The fraction of sp³-hybridized carbons (Fsp3) is 0.462. The van der Waals surface area contributed by atoms with Crippen LogP contribution in [0.25, 0.3) is 11.0 Å². The molecule has 0 aliphatic rings. The van der Waals surface area contributed by atoms with E-state index < -0.39 is 0 Å². The summed E-state index contributed by atoms with van der Waals surface area (Å²) in [6.07, 6.45) is 1.62. The molecule has 16 heavy (non-hydrogen) atoms. The van der Waals surface area contributed by atoms with Crippen molar-refractivity contribution in [1.29, 1.82) is 0 Å². The Bertz CT molecular complexity index is 504. The molecular formula is C13H17N3. The van der Waals surface area contributed by atoms with Gasteiger partial charge >= 0.3 is 0 Å². The number of pyridine rings is 1. The fourth-order valence-corrected chi connectivity index (χ4v) is 1.72. The van der Waals surface area contributed by atoms with Crippen molar-refractivity contribution in [2.45, 2.75) is 39.5 Å². The summed E-state index contributed by atoms with van der Waals surface area (Å²) in [5.41, 5.74) is 4.02. The number of aromatic nitrogens is 3. The normalized spacial score (nSPS) is 11.6. The zero-order valence-electron chi connectivity index (χ0n) is 10.2. The molecule has 0 amide bonds. The van der Waals surface area contributed by atoms with Gasteiger partial charge in [0.2, 0.25) is 0 Å². The summed E-state index contributed by atoms with van der Waals surface area (Å²) in [6.45, 7) is 8.55. The van der Waals surface area contributed by atoms with Gasteiger partial charge in [0.1, 0.15) is 11.8 Å². The van der Waals surface area contributed by atoms with Crippen LogP contribution in [0.4, 0.5) is 0 Å². The van der Waals surface area contributed by atoms with Crippen molar-refractivity contribution >= 4 is 11.0 Å². The van der Waals surface area contributed by atoms with Crippen LogP contribution in [-0.4, -0.2) is 15.0 Å². The first-order valence-electron chi connectivity index (χ1n) is 5.71. The van der Waals surface area contributed by atoms with Crippen molar-refractivity contribution in [2.75, 3.05) is 0 Å². The Balaban J connectivity index is 2.68. The molecule has 0 aromatic carbocycles. The predicted octanol–water partition coefficient (Wildman–Crippen LogP) is 3.27. The van der Waals surface area contributed by atoms with E-state index in [0.717, 1.165) is 22.4 Å². The lowest BCUT2D eigenvalue weighted by Crippen LogP contribution is -2.00. The number of fused-ring (bicyclic) bond motifs is 1. The van der Waals surface area contributed by atoms with Crippen LogP contribution in [0.2, 0.25) is 0 Å². The smallest absolute Gasteiger partial charge is 0.116 e. The molecule has 0 aliphatic carbocycles. The quantitative estimate of drug-likeness (QED) is 0.771. The van der Waals surface area contributed by atoms with Crippen LogP contribution in [0, 0.1) is 0 Å². The van der Waals surface area contributed by atoms with E-state index in [1.54, 1.807) is 6.33 Å². The third-order valence-corrected chi connectivity index (χ3v) is 2.67. The highest BCUT2D eigenvalue weighted by atomic mass is 14.9. The summed E-state index contributed by atoms with van der Waals surface area (Å²) in [7, 11) is 0. The Morgan fingerprint density at radius 1 is 0.938 bits per heavy atom. The maximum absolute atomic E-state index is 4.67. The van der Waals surface area contributed by atoms with Gasteiger partial charge in [-0.1, -0.05) is 27.7 Å². The third-order valence-electron chi connectivity index (χ3n) is 2.67. The predicted molar refractivity (Wildman–Crippen MR) is 65.5 cm³/mol. The molecular weight excluding hydrogens is 198 g/mol. The highest BCUT2D eigenvalue weighted by molar-refractivity contribution is 5.76. The van der Waals surface area contributed by atoms with Crippen LogP contribution in [-0.2, 0) is 0 Å². The number of rotatable bonds is 2. The van der Waals surface area contributed by atoms with E-state index in [9.17, 15) is 0 Å². The molecule has 3 heteroatoms. The molecule has 0 atom stereocenters. The van der Waals surface area contributed by atoms with Crippen LogP contribution >= 0.6 is 0 Å². The number of hydrogen-bond acceptors (Lipinski definition) is 3. The first-order valence-corrected chi connectivity index (χ1v) is 5.71. The van der Waals surface area contributed by atoms with Crippen LogP contribution in [0.1, 0.15) is 50.9 Å². The minimum Gasteiger partial charge on any atom is -0.249 e. The maximum Gasteiger partial charge on any atom is 0.116 e. The molecule has 2 rings (SSSR count). The van der Waals surface area contributed by atoms with Crippen LogP contribution in [0.15, 0.2) is 18.5 Å². The second-order valence-corrected chi connectivity index (χ2v) is 4.67. The van der Waals surface area contributed by atoms with E-state index in [2.05, 4.69) is 42.6 Å². The lowest BCUT2D eigenvalue weighted by Gasteiger charge is -2.10. The largest absolute Gasteiger partial charge is 0.249 e. The van der Waals surface area contributed by atoms with Gasteiger partial charge < -0.3 is 0 Å². The van der Waals surface area contributed by atoms with Crippen LogP contribution in [0.3, 0.4) is 0 Å². The second-order valence-electron chi connectivity index (χ2n) is 4.67. The molecule has 0 radical (unpaired) electrons. The van der Waals surface area contributed by atoms with Gasteiger partial charge in [0, 0.05) is 5.69 Å². The Morgan fingerprint density at radius 3 is 2.31 bits per heavy atom. The zero-order valence-corrected chi connectivity index (χ0v) is 10.2. The van der Waals surface area contributed by atoms with E-state index in [1.807, 2.05) is 12.1 Å². The van der Waals surface area contributed by atoms with Gasteiger partial charge in [-0.15, -0.1) is 0 Å². The molecule has 0 saturated heterocycles. The lowest BCUT2D eigenvalue weighted by molar-refractivity contribution is 0.805. The summed E-state index contributed by atoms with van der Waals surface area (Å²) in [4.78, 5) is 13.3. The second kappa shape index (κ2) is 4.16. The van der Waals surface area contributed by atoms with Gasteiger partial charge in [0.25, 0.3) is 0 Å². The van der Waals surface area contributed by atoms with Crippen LogP contribution in [0.5, 0.6) is 0 Å². The Labute approximate surface area is 96.0 Å². The molecule has 0 fully saturated rings. The third kappa shape index (κ3) is 1.90. The standard InChI is InChI=1S/C13H17N3/c1-8(2)10-5-6-11-13(16-10)12(9(3)4)15-7-14-11/h5-9H,1-4H3. The van der Waals surface area contributed by atoms with E-state index in [-0.39, 0.29) is 0 Å². The summed E-state index contributed by atoms with van der Waals surface area (Å²) in [5, 5.41) is 0. The van der Waals surface area contributed by atoms with Gasteiger partial charge in [0.15, 0.2) is 0 Å². The minimum atomic E-state index is 0.375. The van der Waals surface area contributed by atoms with Gasteiger partial charge in [-0.3, -0.25) is 0 Å². The van der Waals surface area contributed by atoms with Crippen molar-refractivity contribution < 1.29 is 0 Å². The molecule has 0 aliphatic heterocycles. The highest BCUT2D eigenvalue weighted by Gasteiger charge is 2.10. The molecule has 2 aromatic heterocycles. The minimum absolute atomic E-state index is 0.375. The fourth-order valence-electron chi connectivity index (χ4n) is 1.72. The number of nitrogens with zero attached hydrogens (tertiary/aromatic N) is 3. The zero-order chi connectivity index (χ0) is 11.7. The van der Waals surface area contributed by atoms with Gasteiger partial charge in [-0.25, -0.2) is 15.0 Å². The van der Waals surface area contributed by atoms with Crippen molar-refractivity contribution in [1.82, 2.24) is 15.0 Å². The summed E-state index contributed by atoms with van der Waals surface area (Å²) >= 11 is 0. The Morgan fingerprint density at radius 2 is 1.69 bits per heavy atom. The molecule has 0 unspecified atom stereocenters. The van der Waals surface area contributed by atoms with Gasteiger partial charge in [-0.2, -0.15) is 0 Å². The van der Waals surface area contributed by atoms with Crippen LogP contribution < -0.4 is 0 Å². The average molecular weight is 215 g/mol. The van der Waals surface area contributed by atoms with Crippen molar-refractivity contribution in [3.05, 3.63) is 29.8 Å². The summed E-state index contributed by atoms with van der Waals surface area (Å²) < 4.78 is 0. The van der Waals surface area contributed by atoms with E-state index >= 15 is 0 Å². The molecule has 0 spiro atoms. The first kappa shape index (κ1) is 11.0. The Hall–Kier alpha value is -1.51. The first-order chi connectivity index (χ1) is 7.59. The summed E-state index contributed by atoms with van der Waals surface area (Å²) in [6, 6.07) is 4.08. The van der Waals surface area contributed by atoms with Gasteiger partial charge in [-0.05, 0) is 24.0 Å². The lowest BCUT2D eigenvalue weighted by atomic mass is 10.1. The monoisotopic (exact) mass is 215 g/mol. The van der Waals surface area contributed by atoms with Crippen molar-refractivity contribution in [2.24, 2.45) is 0 Å². The van der Waals surface area contributed by atoms with Crippen molar-refractivity contribution in [3.8, 4) is 0 Å². The molecule has 3 nitrogen and oxygen atoms in total. The van der Waals surface area contributed by atoms with E-state index in [1.165, 1.54) is 0 Å². The summed E-state index contributed by atoms with van der Waals surface area (Å²) in [5.74, 6) is 0.810. The van der Waals surface area contributed by atoms with E-state index in [0.29, 0.717) is 11.8 Å². The molecule has 0 N–H and O–H groups in total. The van der Waals surface area contributed by atoms with Gasteiger partial charge in [0.05, 0.1) is 11.2 Å². The molecule has 2 heterocycles. The molecule has 0 saturated carbocycles. The SMILES string of the molecule is CC(C)c1ccc2ncnc(C(C)C)c2n1. The maximum atomic E-state index is 4.67. The molecule has 0 bridgehead atoms. The van der Waals surface area contributed by atoms with Crippen molar-refractivity contribution in [3.63, 3.8) is 0 Å². The average Bonchev–Trinajstić information content (AvgIpc) is 2.27. The Kier molecular flexibility index (Phi) is 2.86. The topological polar surface area (TPSA) is 38.7 Å². The molecule has 84 valence electrons. The number of hydrogen-bond donors (Lipinski definition) is 0. The van der Waals surface area contributed by atoms with E-state index in [4.69, 9.17) is 0 Å².